The van der Waals surface area contributed by atoms with Crippen molar-refractivity contribution >= 4 is 38.3 Å². The average Bonchev–Trinajstić information content (AvgIpc) is 3.12. The first-order valence-electron chi connectivity index (χ1n) is 11.0. The van der Waals surface area contributed by atoms with Gasteiger partial charge in [0, 0.05) is 48.1 Å². The molecule has 4 heterocycles. The van der Waals surface area contributed by atoms with Crippen LogP contribution in [-0.4, -0.2) is 46.7 Å². The number of halogens is 1. The second-order valence-corrected chi connectivity index (χ2v) is 11.6. The van der Waals surface area contributed by atoms with Crippen molar-refractivity contribution in [2.24, 2.45) is 11.8 Å². The van der Waals surface area contributed by atoms with E-state index in [1.54, 1.807) is 6.33 Å². The van der Waals surface area contributed by atoms with Crippen LogP contribution < -0.4 is 9.62 Å². The zero-order chi connectivity index (χ0) is 22.2. The minimum absolute atomic E-state index is 0.0938. The lowest BCUT2D eigenvalue weighted by Gasteiger charge is -2.37. The summed E-state index contributed by atoms with van der Waals surface area (Å²) in [4.78, 5) is 19.3. The molecule has 1 aliphatic heterocycles. The summed E-state index contributed by atoms with van der Waals surface area (Å²) in [5.74, 6) is 1.18. The fourth-order valence-electron chi connectivity index (χ4n) is 5.92. The molecule has 168 valence electrons. The van der Waals surface area contributed by atoms with Crippen molar-refractivity contribution in [1.29, 1.82) is 0 Å². The number of aromatic nitrogens is 4. The Morgan fingerprint density at radius 2 is 2.03 bits per heavy atom. The standard InChI is InChI=1S/C22H25ClN6O2S/c1-11-5-17-16(9-29(11)18-8-19(23)27-22-13(18)3-4-24-22)20(26-10-25-17)12-6-14-15(7-12)21(14)28-32(2,30)31/h3-4,8,10-12,14-15,21,28H,5-7,9H2,1-2H3,(H,24,27)/t11-,12?,14?,15?,21?/m1/s1. The zero-order valence-corrected chi connectivity index (χ0v) is 19.5. The maximum Gasteiger partial charge on any atom is 0.208 e. The molecule has 3 aromatic rings. The number of pyridine rings is 1. The second-order valence-electron chi connectivity index (χ2n) is 9.48. The smallest absolute Gasteiger partial charge is 0.208 e. The number of sulfonamides is 1. The van der Waals surface area contributed by atoms with Crippen LogP contribution in [0.3, 0.4) is 0 Å². The molecule has 0 bridgehead atoms. The Kier molecular flexibility index (Phi) is 4.54. The highest BCUT2D eigenvalue weighted by atomic mass is 35.5. The molecular weight excluding hydrogens is 448 g/mol. The van der Waals surface area contributed by atoms with Gasteiger partial charge in [0.1, 0.15) is 17.1 Å². The summed E-state index contributed by atoms with van der Waals surface area (Å²) in [6, 6.07) is 4.34. The Bertz CT molecular complexity index is 1310. The predicted octanol–water partition coefficient (Wildman–Crippen LogP) is 3.00. The summed E-state index contributed by atoms with van der Waals surface area (Å²) in [6.07, 6.45) is 7.61. The second kappa shape index (κ2) is 7.13. The molecule has 0 aromatic carbocycles. The van der Waals surface area contributed by atoms with Gasteiger partial charge < -0.3 is 9.88 Å². The van der Waals surface area contributed by atoms with E-state index in [1.165, 1.54) is 11.8 Å². The summed E-state index contributed by atoms with van der Waals surface area (Å²) >= 11 is 6.33. The number of H-pyrrole nitrogens is 1. The number of rotatable bonds is 4. The molecule has 2 saturated carbocycles. The van der Waals surface area contributed by atoms with E-state index in [2.05, 4.69) is 31.5 Å². The third-order valence-corrected chi connectivity index (χ3v) is 8.28. The monoisotopic (exact) mass is 472 g/mol. The lowest BCUT2D eigenvalue weighted by atomic mass is 9.89. The summed E-state index contributed by atoms with van der Waals surface area (Å²) in [5.41, 5.74) is 5.32. The quantitative estimate of drug-likeness (QED) is 0.566. The topological polar surface area (TPSA) is 104 Å². The van der Waals surface area contributed by atoms with Crippen LogP contribution in [0.4, 0.5) is 5.69 Å². The minimum atomic E-state index is -3.16. The van der Waals surface area contributed by atoms with Crippen LogP contribution in [-0.2, 0) is 23.0 Å². The van der Waals surface area contributed by atoms with Gasteiger partial charge in [0.05, 0.1) is 23.3 Å². The molecule has 2 N–H and O–H groups in total. The number of hydrogen-bond acceptors (Lipinski definition) is 6. The van der Waals surface area contributed by atoms with Crippen molar-refractivity contribution < 1.29 is 8.42 Å². The van der Waals surface area contributed by atoms with Gasteiger partial charge in [-0.05, 0) is 43.7 Å². The van der Waals surface area contributed by atoms with Crippen LogP contribution in [0, 0.1) is 11.8 Å². The first-order valence-corrected chi connectivity index (χ1v) is 13.3. The predicted molar refractivity (Wildman–Crippen MR) is 123 cm³/mol. The fraction of sp³-hybridized carbons (Fsp3) is 0.500. The molecule has 6 rings (SSSR count). The maximum atomic E-state index is 11.6. The number of aromatic amines is 1. The molecule has 0 spiro atoms. The molecule has 10 heteroatoms. The molecule has 0 saturated heterocycles. The first-order chi connectivity index (χ1) is 15.3. The van der Waals surface area contributed by atoms with Gasteiger partial charge in [-0.1, -0.05) is 11.6 Å². The maximum absolute atomic E-state index is 11.6. The molecule has 3 aromatic heterocycles. The van der Waals surface area contributed by atoms with Gasteiger partial charge in [0.25, 0.3) is 0 Å². The number of anilines is 1. The van der Waals surface area contributed by atoms with E-state index in [1.807, 2.05) is 18.3 Å². The average molecular weight is 473 g/mol. The largest absolute Gasteiger partial charge is 0.363 e. The van der Waals surface area contributed by atoms with Crippen molar-refractivity contribution in [1.82, 2.24) is 24.7 Å². The van der Waals surface area contributed by atoms with E-state index < -0.39 is 10.0 Å². The summed E-state index contributed by atoms with van der Waals surface area (Å²) < 4.78 is 26.0. The lowest BCUT2D eigenvalue weighted by molar-refractivity contribution is 0.522. The highest BCUT2D eigenvalue weighted by Gasteiger charge is 2.57. The summed E-state index contributed by atoms with van der Waals surface area (Å²) in [6.45, 7) is 2.94. The first kappa shape index (κ1) is 20.4. The normalized spacial score (nSPS) is 29.2. The Balaban J connectivity index is 1.30. The molecule has 2 unspecified atom stereocenters. The van der Waals surface area contributed by atoms with Gasteiger partial charge in [-0.2, -0.15) is 0 Å². The highest BCUT2D eigenvalue weighted by Crippen LogP contribution is 2.58. The Morgan fingerprint density at radius 3 is 2.78 bits per heavy atom. The minimum Gasteiger partial charge on any atom is -0.363 e. The van der Waals surface area contributed by atoms with Gasteiger partial charge in [-0.15, -0.1) is 0 Å². The fourth-order valence-corrected chi connectivity index (χ4v) is 6.95. The van der Waals surface area contributed by atoms with Crippen LogP contribution >= 0.6 is 11.6 Å². The van der Waals surface area contributed by atoms with Crippen LogP contribution in [0.1, 0.15) is 42.6 Å². The van der Waals surface area contributed by atoms with Crippen molar-refractivity contribution in [3.63, 3.8) is 0 Å². The molecule has 8 nitrogen and oxygen atoms in total. The van der Waals surface area contributed by atoms with Gasteiger partial charge >= 0.3 is 0 Å². The number of nitrogens with one attached hydrogen (secondary N) is 2. The van der Waals surface area contributed by atoms with Crippen molar-refractivity contribution in [2.75, 3.05) is 11.2 Å². The van der Waals surface area contributed by atoms with Crippen molar-refractivity contribution in [3.8, 4) is 0 Å². The van der Waals surface area contributed by atoms with E-state index in [9.17, 15) is 8.42 Å². The third kappa shape index (κ3) is 3.38. The molecule has 0 radical (unpaired) electrons. The molecule has 32 heavy (non-hydrogen) atoms. The number of hydrogen-bond donors (Lipinski definition) is 2. The van der Waals surface area contributed by atoms with Crippen molar-refractivity contribution in [3.05, 3.63) is 46.8 Å². The summed E-state index contributed by atoms with van der Waals surface area (Å²) in [5, 5.41) is 1.53. The van der Waals surface area contributed by atoms with Gasteiger partial charge in [-0.25, -0.2) is 28.1 Å². The SMILES string of the molecule is C[C@@H]1Cc2ncnc(C3CC4C(C3)C4NS(C)(=O)=O)c2CN1c1cc(Cl)nc2[nH]ccc12. The molecule has 0 amide bonds. The van der Waals surface area contributed by atoms with Gasteiger partial charge in [0.15, 0.2) is 0 Å². The van der Waals surface area contributed by atoms with Gasteiger partial charge in [0.2, 0.25) is 10.0 Å². The van der Waals surface area contributed by atoms with Crippen LogP contribution in [0.5, 0.6) is 0 Å². The van der Waals surface area contributed by atoms with E-state index >= 15 is 0 Å². The molecule has 2 fully saturated rings. The van der Waals surface area contributed by atoms with Crippen LogP contribution in [0.15, 0.2) is 24.7 Å². The molecule has 3 atom stereocenters. The molecule has 2 aliphatic carbocycles. The van der Waals surface area contributed by atoms with E-state index in [4.69, 9.17) is 16.6 Å². The van der Waals surface area contributed by atoms with Crippen molar-refractivity contribution in [2.45, 2.75) is 50.7 Å². The van der Waals surface area contributed by atoms with Crippen LogP contribution in [0.2, 0.25) is 5.15 Å². The Labute approximate surface area is 191 Å². The Morgan fingerprint density at radius 1 is 1.25 bits per heavy atom. The molecule has 3 aliphatic rings. The number of fused-ring (bicyclic) bond motifs is 3. The van der Waals surface area contributed by atoms with E-state index in [-0.39, 0.29) is 12.1 Å². The highest BCUT2D eigenvalue weighted by molar-refractivity contribution is 7.88. The number of nitrogens with zero attached hydrogens (tertiary/aromatic N) is 4. The summed E-state index contributed by atoms with van der Waals surface area (Å²) in [7, 11) is -3.16. The van der Waals surface area contributed by atoms with E-state index in [0.717, 1.165) is 53.9 Å². The van der Waals surface area contributed by atoms with Gasteiger partial charge in [-0.3, -0.25) is 0 Å². The van der Waals surface area contributed by atoms with Crippen LogP contribution in [0.25, 0.3) is 11.0 Å². The van der Waals surface area contributed by atoms with E-state index in [0.29, 0.717) is 22.9 Å². The lowest BCUT2D eigenvalue weighted by Crippen LogP contribution is -2.40. The Hall–Kier alpha value is -2.23. The zero-order valence-electron chi connectivity index (χ0n) is 17.9. The third-order valence-electron chi connectivity index (χ3n) is 7.38. The molecular formula is C22H25ClN6O2S.